The highest BCUT2D eigenvalue weighted by Gasteiger charge is 2.14. The smallest absolute Gasteiger partial charge is 0.258 e. The number of nitrogens with zero attached hydrogens (tertiary/aromatic N) is 5. The minimum atomic E-state index is 0.483. The summed E-state index contributed by atoms with van der Waals surface area (Å²) < 4.78 is 7.50. The molecule has 0 aliphatic heterocycles. The van der Waals surface area contributed by atoms with Crippen LogP contribution in [0, 0.1) is 6.92 Å². The summed E-state index contributed by atoms with van der Waals surface area (Å²) in [4.78, 5) is 8.81. The molecule has 0 spiro atoms. The van der Waals surface area contributed by atoms with Gasteiger partial charge < -0.3 is 4.42 Å². The zero-order valence-electron chi connectivity index (χ0n) is 10.1. The third-order valence-electron chi connectivity index (χ3n) is 3.07. The van der Waals surface area contributed by atoms with Crippen LogP contribution in [-0.4, -0.2) is 24.6 Å². The van der Waals surface area contributed by atoms with Crippen LogP contribution in [0.1, 0.15) is 5.69 Å². The molecular formula is C13H9N5O. The fourth-order valence-corrected chi connectivity index (χ4v) is 2.07. The molecule has 19 heavy (non-hydrogen) atoms. The zero-order valence-corrected chi connectivity index (χ0v) is 10.1. The minimum Gasteiger partial charge on any atom is -0.417 e. The van der Waals surface area contributed by atoms with Gasteiger partial charge in [0.15, 0.2) is 0 Å². The van der Waals surface area contributed by atoms with Crippen LogP contribution in [0.2, 0.25) is 0 Å². The van der Waals surface area contributed by atoms with Crippen molar-refractivity contribution in [3.63, 3.8) is 0 Å². The van der Waals surface area contributed by atoms with Crippen molar-refractivity contribution in [1.29, 1.82) is 0 Å². The van der Waals surface area contributed by atoms with Gasteiger partial charge in [-0.05, 0) is 19.1 Å². The highest BCUT2D eigenvalue weighted by Crippen LogP contribution is 2.24. The Morgan fingerprint density at radius 3 is 2.79 bits per heavy atom. The van der Waals surface area contributed by atoms with Gasteiger partial charge in [0.25, 0.3) is 11.5 Å². The zero-order chi connectivity index (χ0) is 12.8. The molecule has 0 aliphatic rings. The van der Waals surface area contributed by atoms with Crippen molar-refractivity contribution in [2.45, 2.75) is 6.92 Å². The Morgan fingerprint density at radius 2 is 1.95 bits per heavy atom. The lowest BCUT2D eigenvalue weighted by molar-refractivity contribution is 0.608. The number of benzene rings is 1. The Kier molecular flexibility index (Phi) is 1.94. The van der Waals surface area contributed by atoms with Crippen LogP contribution in [-0.2, 0) is 0 Å². The molecule has 0 bridgehead atoms. The summed E-state index contributed by atoms with van der Waals surface area (Å²) in [7, 11) is 0. The minimum absolute atomic E-state index is 0.483. The van der Waals surface area contributed by atoms with Crippen molar-refractivity contribution in [1.82, 2.24) is 24.6 Å². The summed E-state index contributed by atoms with van der Waals surface area (Å²) in [5.41, 5.74) is 3.05. The fourth-order valence-electron chi connectivity index (χ4n) is 2.07. The van der Waals surface area contributed by atoms with Gasteiger partial charge in [0, 0.05) is 5.56 Å². The molecular weight excluding hydrogens is 242 g/mol. The molecule has 1 aromatic carbocycles. The third kappa shape index (κ3) is 1.43. The number of oxazole rings is 1. The maximum atomic E-state index is 5.71. The lowest BCUT2D eigenvalue weighted by Gasteiger charge is -1.95. The van der Waals surface area contributed by atoms with E-state index in [1.807, 2.05) is 37.3 Å². The molecule has 4 aromatic rings. The second-order valence-corrected chi connectivity index (χ2v) is 4.24. The third-order valence-corrected chi connectivity index (χ3v) is 3.07. The first-order valence-electron chi connectivity index (χ1n) is 5.85. The molecule has 0 N–H and O–H groups in total. The van der Waals surface area contributed by atoms with E-state index in [1.54, 1.807) is 10.7 Å². The standard InChI is InChI=1S/C13H9N5O/c1-8-10-12(16-13-17-14-7-18(8)13)19-11(15-10)9-5-3-2-4-6-9/h2-7H,1H3. The summed E-state index contributed by atoms with van der Waals surface area (Å²) in [5.74, 6) is 1.08. The van der Waals surface area contributed by atoms with Gasteiger partial charge >= 0.3 is 0 Å². The SMILES string of the molecule is Cc1c2nc(-c3ccccc3)oc2nc2nncn12. The van der Waals surface area contributed by atoms with E-state index in [9.17, 15) is 0 Å². The molecule has 0 unspecified atom stereocenters. The Hall–Kier alpha value is -2.76. The number of rotatable bonds is 1. The summed E-state index contributed by atoms with van der Waals surface area (Å²) in [6.45, 7) is 1.94. The summed E-state index contributed by atoms with van der Waals surface area (Å²) in [5, 5.41) is 7.75. The normalized spacial score (nSPS) is 11.4. The molecule has 0 fully saturated rings. The summed E-state index contributed by atoms with van der Waals surface area (Å²) in [6.07, 6.45) is 1.62. The fraction of sp³-hybridized carbons (Fsp3) is 0.0769. The predicted octanol–water partition coefficient (Wildman–Crippen LogP) is 2.24. The van der Waals surface area contributed by atoms with Gasteiger partial charge in [-0.15, -0.1) is 10.2 Å². The second kappa shape index (κ2) is 3.61. The highest BCUT2D eigenvalue weighted by molar-refractivity contribution is 5.76. The van der Waals surface area contributed by atoms with Crippen LogP contribution in [0.4, 0.5) is 0 Å². The molecule has 6 heteroatoms. The van der Waals surface area contributed by atoms with E-state index < -0.39 is 0 Å². The van der Waals surface area contributed by atoms with Crippen molar-refractivity contribution in [2.75, 3.05) is 0 Å². The Morgan fingerprint density at radius 1 is 1.11 bits per heavy atom. The average molecular weight is 251 g/mol. The van der Waals surface area contributed by atoms with Crippen molar-refractivity contribution < 1.29 is 4.42 Å². The van der Waals surface area contributed by atoms with E-state index >= 15 is 0 Å². The Bertz CT molecular complexity index is 878. The van der Waals surface area contributed by atoms with Crippen LogP contribution >= 0.6 is 0 Å². The van der Waals surface area contributed by atoms with E-state index in [-0.39, 0.29) is 0 Å². The Labute approximate surface area is 107 Å². The lowest BCUT2D eigenvalue weighted by Crippen LogP contribution is -1.94. The second-order valence-electron chi connectivity index (χ2n) is 4.24. The number of hydrogen-bond acceptors (Lipinski definition) is 5. The van der Waals surface area contributed by atoms with Gasteiger partial charge in [0.1, 0.15) is 11.8 Å². The maximum Gasteiger partial charge on any atom is 0.258 e. The molecule has 6 nitrogen and oxygen atoms in total. The number of aryl methyl sites for hydroxylation is 1. The first-order valence-corrected chi connectivity index (χ1v) is 5.85. The van der Waals surface area contributed by atoms with Gasteiger partial charge in [-0.25, -0.2) is 4.98 Å². The van der Waals surface area contributed by atoms with Crippen molar-refractivity contribution >= 4 is 17.0 Å². The van der Waals surface area contributed by atoms with Crippen LogP contribution in [0.15, 0.2) is 41.1 Å². The molecule has 3 aromatic heterocycles. The molecule has 0 saturated carbocycles. The number of aromatic nitrogens is 5. The monoisotopic (exact) mass is 251 g/mol. The van der Waals surface area contributed by atoms with Gasteiger partial charge in [0.2, 0.25) is 5.89 Å². The first kappa shape index (κ1) is 10.2. The van der Waals surface area contributed by atoms with E-state index in [1.165, 1.54) is 0 Å². The van der Waals surface area contributed by atoms with Crippen LogP contribution in [0.3, 0.4) is 0 Å². The first-order chi connectivity index (χ1) is 9.33. The Balaban J connectivity index is 2.04. The predicted molar refractivity (Wildman–Crippen MR) is 68.5 cm³/mol. The van der Waals surface area contributed by atoms with Gasteiger partial charge in [-0.1, -0.05) is 18.2 Å². The van der Waals surface area contributed by atoms with Gasteiger partial charge in [0.05, 0.1) is 5.69 Å². The molecule has 0 amide bonds. The molecule has 0 saturated heterocycles. The summed E-state index contributed by atoms with van der Waals surface area (Å²) in [6, 6.07) is 9.75. The summed E-state index contributed by atoms with van der Waals surface area (Å²) >= 11 is 0. The van der Waals surface area contributed by atoms with E-state index in [2.05, 4.69) is 20.2 Å². The molecule has 0 aliphatic carbocycles. The van der Waals surface area contributed by atoms with E-state index in [4.69, 9.17) is 4.42 Å². The lowest BCUT2D eigenvalue weighted by atomic mass is 10.2. The van der Waals surface area contributed by atoms with Gasteiger partial charge in [-0.3, -0.25) is 4.40 Å². The molecule has 4 rings (SSSR count). The number of hydrogen-bond donors (Lipinski definition) is 0. The van der Waals surface area contributed by atoms with Crippen LogP contribution in [0.25, 0.3) is 28.5 Å². The molecule has 0 atom stereocenters. The van der Waals surface area contributed by atoms with Crippen LogP contribution < -0.4 is 0 Å². The van der Waals surface area contributed by atoms with Crippen LogP contribution in [0.5, 0.6) is 0 Å². The number of fused-ring (bicyclic) bond motifs is 2. The van der Waals surface area contributed by atoms with E-state index in [0.717, 1.165) is 16.8 Å². The molecule has 92 valence electrons. The topological polar surface area (TPSA) is 69.1 Å². The van der Waals surface area contributed by atoms with Crippen molar-refractivity contribution in [3.8, 4) is 11.5 Å². The highest BCUT2D eigenvalue weighted by atomic mass is 16.4. The van der Waals surface area contributed by atoms with Crippen molar-refractivity contribution in [3.05, 3.63) is 42.4 Å². The average Bonchev–Trinajstić information content (AvgIpc) is 3.06. The quantitative estimate of drug-likeness (QED) is 0.519. The van der Waals surface area contributed by atoms with Gasteiger partial charge in [-0.2, -0.15) is 4.98 Å². The maximum absolute atomic E-state index is 5.71. The van der Waals surface area contributed by atoms with E-state index in [0.29, 0.717) is 17.4 Å². The molecule has 3 heterocycles. The largest absolute Gasteiger partial charge is 0.417 e. The molecule has 0 radical (unpaired) electrons. The van der Waals surface area contributed by atoms with Crippen molar-refractivity contribution in [2.24, 2.45) is 0 Å².